The number of carbonyl (C=O) groups excluding carboxylic acids is 2. The Hall–Kier alpha value is -3.68. The fraction of sp³-hybridized carbons (Fsp3) is 0.393. The molecule has 0 bridgehead atoms. The number of likely N-dealkylation sites (N-methyl/N-ethyl adjacent to an activating group) is 1. The molecule has 1 aromatic heterocycles. The molecule has 13 heteroatoms. The van der Waals surface area contributed by atoms with Crippen molar-refractivity contribution in [1.29, 1.82) is 0 Å². The predicted molar refractivity (Wildman–Crippen MR) is 146 cm³/mol. The zero-order valence-electron chi connectivity index (χ0n) is 23.1. The van der Waals surface area contributed by atoms with Crippen LogP contribution in [0.4, 0.5) is 14.5 Å². The van der Waals surface area contributed by atoms with E-state index in [1.54, 1.807) is 32.0 Å². The van der Waals surface area contributed by atoms with Crippen molar-refractivity contribution in [2.24, 2.45) is 0 Å². The minimum atomic E-state index is -4.32. The molecule has 5 rings (SSSR count). The number of nitrogens with one attached hydrogen (secondary N) is 2. The van der Waals surface area contributed by atoms with Crippen LogP contribution in [0, 0.1) is 11.6 Å². The largest absolute Gasteiger partial charge is 0.497 e. The van der Waals surface area contributed by atoms with E-state index in [0.717, 1.165) is 29.4 Å². The predicted octanol–water partition coefficient (Wildman–Crippen LogP) is 3.59. The molecule has 2 N–H and O–H groups in total. The van der Waals surface area contributed by atoms with Gasteiger partial charge in [-0.15, -0.1) is 0 Å². The second kappa shape index (κ2) is 10.6. The van der Waals surface area contributed by atoms with Crippen LogP contribution in [0.1, 0.15) is 54.0 Å². The van der Waals surface area contributed by atoms with E-state index in [0.29, 0.717) is 40.9 Å². The van der Waals surface area contributed by atoms with Crippen LogP contribution < -0.4 is 10.1 Å². The average molecular weight is 588 g/mol. The molecule has 3 heterocycles. The number of ether oxygens (including phenoxy) is 1. The number of anilines is 1. The lowest BCUT2D eigenvalue weighted by Crippen LogP contribution is -2.40. The van der Waals surface area contributed by atoms with Crippen molar-refractivity contribution in [1.82, 2.24) is 19.4 Å². The molecule has 2 aromatic carbocycles. The fourth-order valence-corrected chi connectivity index (χ4v) is 7.35. The molecular weight excluding hydrogens is 556 g/mol. The molecule has 41 heavy (non-hydrogen) atoms. The van der Waals surface area contributed by atoms with Crippen molar-refractivity contribution in [3.63, 3.8) is 0 Å². The van der Waals surface area contributed by atoms with E-state index < -0.39 is 32.1 Å². The maximum Gasteiger partial charge on any atom is 0.244 e. The summed E-state index contributed by atoms with van der Waals surface area (Å²) in [6, 6.07) is 6.62. The number of hydrogen-bond donors (Lipinski definition) is 2. The van der Waals surface area contributed by atoms with E-state index in [2.05, 4.69) is 15.5 Å². The number of aromatic amines is 1. The summed E-state index contributed by atoms with van der Waals surface area (Å²) in [5.41, 5.74) is 0.739. The Kier molecular flexibility index (Phi) is 7.47. The van der Waals surface area contributed by atoms with Gasteiger partial charge in [-0.1, -0.05) is 0 Å². The second-order valence-electron chi connectivity index (χ2n) is 10.8. The summed E-state index contributed by atoms with van der Waals surface area (Å²) in [6.45, 7) is 3.93. The Bertz CT molecular complexity index is 1620. The summed E-state index contributed by atoms with van der Waals surface area (Å²) in [6.07, 6.45) is 1.47. The number of sulfonamides is 1. The molecule has 3 aromatic rings. The van der Waals surface area contributed by atoms with E-state index in [4.69, 9.17) is 4.74 Å². The lowest BCUT2D eigenvalue weighted by molar-refractivity contribution is -0.119. The van der Waals surface area contributed by atoms with Crippen LogP contribution in [0.3, 0.4) is 0 Å². The monoisotopic (exact) mass is 587 g/mol. The maximum atomic E-state index is 13.9. The highest BCUT2D eigenvalue weighted by Crippen LogP contribution is 2.43. The minimum Gasteiger partial charge on any atom is -0.497 e. The van der Waals surface area contributed by atoms with Gasteiger partial charge in [0.25, 0.3) is 0 Å². The molecular formula is C28H31F2N5O5S. The quantitative estimate of drug-likeness (QED) is 0.386. The first kappa shape index (κ1) is 28.8. The highest BCUT2D eigenvalue weighted by Gasteiger charge is 2.48. The first-order chi connectivity index (χ1) is 19.3. The van der Waals surface area contributed by atoms with E-state index in [-0.39, 0.29) is 36.3 Å². The van der Waals surface area contributed by atoms with Crippen molar-refractivity contribution >= 4 is 27.4 Å². The summed E-state index contributed by atoms with van der Waals surface area (Å²) in [5, 5.41) is 10.1. The van der Waals surface area contributed by atoms with E-state index in [1.165, 1.54) is 7.11 Å². The number of aromatic nitrogens is 2. The average Bonchev–Trinajstić information content (AvgIpc) is 3.59. The maximum absolute atomic E-state index is 13.9. The third-order valence-corrected chi connectivity index (χ3v) is 9.82. The van der Waals surface area contributed by atoms with Crippen LogP contribution in [0.5, 0.6) is 5.75 Å². The van der Waals surface area contributed by atoms with Gasteiger partial charge in [-0.3, -0.25) is 19.6 Å². The highest BCUT2D eigenvalue weighted by molar-refractivity contribution is 7.89. The number of nitrogens with zero attached hydrogens (tertiary/aromatic N) is 3. The zero-order chi connectivity index (χ0) is 29.7. The number of methoxy groups -OCH3 is 1. The standard InChI is InChI=1S/C28H31F2N5O5S/c1-28(2)26-21(15-35(28)41(38,39)19-11-16(29)10-17(30)12-19)23(32-33-26)14-25(36)20-8-7-18(40-4)13-22(20)31-27(37)24-6-5-9-34(24)3/h7-8,10-13,24H,5-6,9,14-15H2,1-4H3,(H,31,37)(H,32,33)/t24-/m0/s1. The number of hydrogen-bond acceptors (Lipinski definition) is 7. The minimum absolute atomic E-state index is 0.151. The number of likely N-dealkylation sites (tertiary alicyclic amines) is 1. The van der Waals surface area contributed by atoms with Gasteiger partial charge in [0.1, 0.15) is 17.4 Å². The SMILES string of the molecule is COc1ccc(C(=O)Cc2[nH]nc3c2CN(S(=O)(=O)c2cc(F)cc(F)c2)C3(C)C)c(NC(=O)[C@@H]2CCCN2C)c1. The van der Waals surface area contributed by atoms with Gasteiger partial charge in [0.2, 0.25) is 15.9 Å². The number of fused-ring (bicyclic) bond motifs is 1. The van der Waals surface area contributed by atoms with Gasteiger partial charge in [-0.2, -0.15) is 9.40 Å². The molecule has 2 aliphatic heterocycles. The van der Waals surface area contributed by atoms with Gasteiger partial charge in [0.05, 0.1) is 41.4 Å². The number of H-pyrrole nitrogens is 1. The summed E-state index contributed by atoms with van der Waals surface area (Å²) < 4.78 is 61.0. The summed E-state index contributed by atoms with van der Waals surface area (Å²) in [4.78, 5) is 28.0. The van der Waals surface area contributed by atoms with Crippen molar-refractivity contribution in [2.45, 2.75) is 56.1 Å². The molecule has 10 nitrogen and oxygen atoms in total. The third kappa shape index (κ3) is 5.24. The molecule has 2 aliphatic rings. The van der Waals surface area contributed by atoms with Gasteiger partial charge in [-0.25, -0.2) is 17.2 Å². The normalized spacial score (nSPS) is 18.8. The Labute approximate surface area is 236 Å². The summed E-state index contributed by atoms with van der Waals surface area (Å²) >= 11 is 0. The number of halogens is 2. The Morgan fingerprint density at radius 1 is 1.17 bits per heavy atom. The van der Waals surface area contributed by atoms with E-state index in [1.807, 2.05) is 11.9 Å². The molecule has 0 radical (unpaired) electrons. The van der Waals surface area contributed by atoms with Gasteiger partial charge in [0, 0.05) is 35.5 Å². The molecule has 0 saturated carbocycles. The van der Waals surface area contributed by atoms with Crippen molar-refractivity contribution < 1.29 is 31.5 Å². The summed E-state index contributed by atoms with van der Waals surface area (Å²) in [5.74, 6) is -2.10. The second-order valence-corrected chi connectivity index (χ2v) is 12.7. The van der Waals surface area contributed by atoms with Gasteiger partial charge in [0.15, 0.2) is 5.78 Å². The molecule has 1 amide bonds. The topological polar surface area (TPSA) is 125 Å². The van der Waals surface area contributed by atoms with E-state index >= 15 is 0 Å². The van der Waals surface area contributed by atoms with Gasteiger partial charge in [-0.05, 0) is 64.5 Å². The highest BCUT2D eigenvalue weighted by atomic mass is 32.2. The first-order valence-electron chi connectivity index (χ1n) is 13.1. The molecule has 0 spiro atoms. The molecule has 1 fully saturated rings. The number of ketones is 1. The van der Waals surface area contributed by atoms with Crippen LogP contribution in [-0.2, 0) is 33.3 Å². The lowest BCUT2D eigenvalue weighted by atomic mass is 9.98. The van der Waals surface area contributed by atoms with E-state index in [9.17, 15) is 26.8 Å². The van der Waals surface area contributed by atoms with Gasteiger partial charge >= 0.3 is 0 Å². The molecule has 0 unspecified atom stereocenters. The van der Waals surface area contributed by atoms with Crippen LogP contribution in [-0.4, -0.2) is 66.3 Å². The number of rotatable bonds is 8. The molecule has 218 valence electrons. The van der Waals surface area contributed by atoms with Crippen molar-refractivity contribution in [3.05, 3.63) is 70.5 Å². The Balaban J connectivity index is 1.42. The lowest BCUT2D eigenvalue weighted by Gasteiger charge is -2.30. The number of Topliss-reactive ketones (excluding diaryl/α,β-unsaturated/α-hetero) is 1. The van der Waals surface area contributed by atoms with Crippen molar-refractivity contribution in [3.8, 4) is 5.75 Å². The van der Waals surface area contributed by atoms with Crippen molar-refractivity contribution in [2.75, 3.05) is 26.0 Å². The third-order valence-electron chi connectivity index (χ3n) is 7.83. The first-order valence-corrected chi connectivity index (χ1v) is 14.5. The molecule has 0 aliphatic carbocycles. The summed E-state index contributed by atoms with van der Waals surface area (Å²) in [7, 11) is -0.952. The number of amides is 1. The Morgan fingerprint density at radius 3 is 2.51 bits per heavy atom. The van der Waals surface area contributed by atoms with Crippen LogP contribution in [0.25, 0.3) is 0 Å². The Morgan fingerprint density at radius 2 is 1.88 bits per heavy atom. The smallest absolute Gasteiger partial charge is 0.244 e. The van der Waals surface area contributed by atoms with Crippen LogP contribution in [0.15, 0.2) is 41.3 Å². The van der Waals surface area contributed by atoms with Crippen LogP contribution >= 0.6 is 0 Å². The molecule has 1 saturated heterocycles. The molecule has 1 atom stereocenters. The zero-order valence-corrected chi connectivity index (χ0v) is 23.9. The van der Waals surface area contributed by atoms with Gasteiger partial charge < -0.3 is 10.1 Å². The number of benzene rings is 2. The van der Waals surface area contributed by atoms with Crippen LogP contribution in [0.2, 0.25) is 0 Å². The number of carbonyl (C=O) groups is 2. The fourth-order valence-electron chi connectivity index (χ4n) is 5.58.